The van der Waals surface area contributed by atoms with Gasteiger partial charge in [-0.15, -0.1) is 0 Å². The molecule has 2 amide bonds. The molecule has 3 N–H and O–H groups in total. The van der Waals surface area contributed by atoms with Gasteiger partial charge in [-0.2, -0.15) is 0 Å². The van der Waals surface area contributed by atoms with Crippen LogP contribution in [0.2, 0.25) is 0 Å². The standard InChI is InChI=1S/C29H26N2O3/c30-28(33)27(32)26(20-21-9-3-1-4-10-21)31(29(34)24-12-5-2-6-13-24)18-17-22-15-16-23-11-7-8-14-25(23)19-22/h1-19,26-27,32H,20H2,(H2,30,33)/b18-17+. The third-order valence-electron chi connectivity index (χ3n) is 5.76. The third kappa shape index (κ3) is 5.39. The van der Waals surface area contributed by atoms with Crippen molar-refractivity contribution < 1.29 is 14.7 Å². The second-order valence-electron chi connectivity index (χ2n) is 8.11. The summed E-state index contributed by atoms with van der Waals surface area (Å²) in [6.45, 7) is 0. The molecule has 0 aliphatic rings. The lowest BCUT2D eigenvalue weighted by Gasteiger charge is -2.31. The van der Waals surface area contributed by atoms with Gasteiger partial charge >= 0.3 is 0 Å². The normalized spacial score (nSPS) is 13.0. The predicted molar refractivity (Wildman–Crippen MR) is 135 cm³/mol. The van der Waals surface area contributed by atoms with Gasteiger partial charge < -0.3 is 15.7 Å². The van der Waals surface area contributed by atoms with Gasteiger partial charge in [-0.1, -0.05) is 84.9 Å². The van der Waals surface area contributed by atoms with Gasteiger partial charge in [0.2, 0.25) is 5.91 Å². The number of amides is 2. The SMILES string of the molecule is NC(=O)C(O)C(Cc1ccccc1)N(/C=C/c1ccc2ccccc2c1)C(=O)c1ccccc1. The van der Waals surface area contributed by atoms with E-state index in [2.05, 4.69) is 0 Å². The van der Waals surface area contributed by atoms with Crippen LogP contribution in [-0.4, -0.2) is 34.0 Å². The van der Waals surface area contributed by atoms with Crippen molar-refractivity contribution in [3.8, 4) is 0 Å². The van der Waals surface area contributed by atoms with Gasteiger partial charge in [0, 0.05) is 11.8 Å². The lowest BCUT2D eigenvalue weighted by atomic mass is 9.98. The Kier molecular flexibility index (Phi) is 7.16. The average Bonchev–Trinajstić information content (AvgIpc) is 2.88. The van der Waals surface area contributed by atoms with Crippen molar-refractivity contribution >= 4 is 28.7 Å². The summed E-state index contributed by atoms with van der Waals surface area (Å²) in [5.74, 6) is -1.22. The quantitative estimate of drug-likeness (QED) is 0.417. The highest BCUT2D eigenvalue weighted by molar-refractivity contribution is 5.96. The molecule has 0 aromatic heterocycles. The van der Waals surface area contributed by atoms with Crippen LogP contribution in [0.1, 0.15) is 21.5 Å². The van der Waals surface area contributed by atoms with Crippen molar-refractivity contribution in [2.24, 2.45) is 5.73 Å². The van der Waals surface area contributed by atoms with Gasteiger partial charge in [-0.25, -0.2) is 0 Å². The maximum absolute atomic E-state index is 13.5. The lowest BCUT2D eigenvalue weighted by Crippen LogP contribution is -2.50. The van der Waals surface area contributed by atoms with Gasteiger partial charge in [-0.3, -0.25) is 9.59 Å². The van der Waals surface area contributed by atoms with Crippen LogP contribution < -0.4 is 5.73 Å². The zero-order valence-electron chi connectivity index (χ0n) is 18.6. The van der Waals surface area contributed by atoms with Crippen molar-refractivity contribution in [3.05, 3.63) is 126 Å². The molecule has 2 unspecified atom stereocenters. The number of fused-ring (bicyclic) bond motifs is 1. The number of aliphatic hydroxyl groups is 1. The van der Waals surface area contributed by atoms with E-state index in [-0.39, 0.29) is 12.3 Å². The fourth-order valence-electron chi connectivity index (χ4n) is 3.94. The molecule has 0 radical (unpaired) electrons. The summed E-state index contributed by atoms with van der Waals surface area (Å²) in [5, 5.41) is 12.9. The Morgan fingerprint density at radius 3 is 2.12 bits per heavy atom. The molecule has 34 heavy (non-hydrogen) atoms. The minimum atomic E-state index is -1.55. The molecule has 2 atom stereocenters. The number of hydrogen-bond donors (Lipinski definition) is 2. The predicted octanol–water partition coefficient (Wildman–Crippen LogP) is 4.41. The first-order valence-electron chi connectivity index (χ1n) is 11.1. The van der Waals surface area contributed by atoms with Crippen LogP contribution in [-0.2, 0) is 11.2 Å². The molecule has 0 fully saturated rings. The van der Waals surface area contributed by atoms with Crippen LogP contribution in [0.3, 0.4) is 0 Å². The van der Waals surface area contributed by atoms with Crippen LogP contribution in [0.15, 0.2) is 109 Å². The van der Waals surface area contributed by atoms with Gasteiger partial charge in [-0.05, 0) is 52.6 Å². The highest BCUT2D eigenvalue weighted by Crippen LogP contribution is 2.20. The maximum atomic E-state index is 13.5. The molecule has 5 nitrogen and oxygen atoms in total. The van der Waals surface area contributed by atoms with Crippen molar-refractivity contribution in [2.75, 3.05) is 0 Å². The number of nitrogens with two attached hydrogens (primary N) is 1. The Morgan fingerprint density at radius 2 is 1.44 bits per heavy atom. The Hall–Kier alpha value is -4.22. The smallest absolute Gasteiger partial charge is 0.258 e. The summed E-state index contributed by atoms with van der Waals surface area (Å²) in [4.78, 5) is 27.0. The Morgan fingerprint density at radius 1 is 0.824 bits per heavy atom. The first-order valence-corrected chi connectivity index (χ1v) is 11.1. The fourth-order valence-corrected chi connectivity index (χ4v) is 3.94. The summed E-state index contributed by atoms with van der Waals surface area (Å²) >= 11 is 0. The monoisotopic (exact) mass is 450 g/mol. The summed E-state index contributed by atoms with van der Waals surface area (Å²) in [6.07, 6.45) is 2.14. The van der Waals surface area contributed by atoms with Crippen molar-refractivity contribution in [1.82, 2.24) is 4.90 Å². The van der Waals surface area contributed by atoms with E-state index < -0.39 is 18.1 Å². The number of benzene rings is 4. The van der Waals surface area contributed by atoms with E-state index in [1.54, 1.807) is 36.5 Å². The number of aliphatic hydroxyl groups excluding tert-OH is 1. The zero-order valence-corrected chi connectivity index (χ0v) is 18.6. The second kappa shape index (κ2) is 10.6. The largest absolute Gasteiger partial charge is 0.381 e. The van der Waals surface area contributed by atoms with Crippen LogP contribution in [0, 0.1) is 0 Å². The molecule has 0 saturated carbocycles. The van der Waals surface area contributed by atoms with Crippen molar-refractivity contribution in [1.29, 1.82) is 0 Å². The zero-order chi connectivity index (χ0) is 23.9. The topological polar surface area (TPSA) is 83.6 Å². The summed E-state index contributed by atoms with van der Waals surface area (Å²) in [5.41, 5.74) is 7.69. The molecule has 4 aromatic rings. The van der Waals surface area contributed by atoms with E-state index >= 15 is 0 Å². The summed E-state index contributed by atoms with van der Waals surface area (Å²) in [7, 11) is 0. The highest BCUT2D eigenvalue weighted by atomic mass is 16.3. The number of nitrogens with zero attached hydrogens (tertiary/aromatic N) is 1. The van der Waals surface area contributed by atoms with E-state index in [0.29, 0.717) is 5.56 Å². The molecular formula is C29H26N2O3. The first-order chi connectivity index (χ1) is 16.5. The lowest BCUT2D eigenvalue weighted by molar-refractivity contribution is -0.128. The van der Waals surface area contributed by atoms with Crippen molar-refractivity contribution in [3.63, 3.8) is 0 Å². The molecule has 0 aliphatic heterocycles. The van der Waals surface area contributed by atoms with Crippen LogP contribution in [0.25, 0.3) is 16.8 Å². The number of primary amides is 1. The summed E-state index contributed by atoms with van der Waals surface area (Å²) < 4.78 is 0. The molecular weight excluding hydrogens is 424 g/mol. The van der Waals surface area contributed by atoms with E-state index in [9.17, 15) is 14.7 Å². The summed E-state index contributed by atoms with van der Waals surface area (Å²) in [6, 6.07) is 31.3. The second-order valence-corrected chi connectivity index (χ2v) is 8.11. The molecule has 4 rings (SSSR count). The van der Waals surface area contributed by atoms with Crippen LogP contribution in [0.5, 0.6) is 0 Å². The van der Waals surface area contributed by atoms with E-state index in [0.717, 1.165) is 21.9 Å². The Labute approximate surface area is 198 Å². The van der Waals surface area contributed by atoms with E-state index in [4.69, 9.17) is 5.73 Å². The minimum Gasteiger partial charge on any atom is -0.381 e. The highest BCUT2D eigenvalue weighted by Gasteiger charge is 2.32. The number of rotatable bonds is 8. The molecule has 4 aromatic carbocycles. The Balaban J connectivity index is 1.74. The maximum Gasteiger partial charge on any atom is 0.258 e. The molecule has 0 spiro atoms. The van der Waals surface area contributed by atoms with Crippen LogP contribution in [0.4, 0.5) is 0 Å². The van der Waals surface area contributed by atoms with E-state index in [1.807, 2.05) is 78.9 Å². The molecule has 0 heterocycles. The van der Waals surface area contributed by atoms with Crippen LogP contribution >= 0.6 is 0 Å². The molecule has 0 aliphatic carbocycles. The molecule has 0 bridgehead atoms. The Bertz CT molecular complexity index is 1300. The number of carbonyl (C=O) groups excluding carboxylic acids is 2. The van der Waals surface area contributed by atoms with Gasteiger partial charge in [0.25, 0.3) is 5.91 Å². The number of hydrogen-bond acceptors (Lipinski definition) is 3. The van der Waals surface area contributed by atoms with E-state index in [1.165, 1.54) is 4.90 Å². The third-order valence-corrected chi connectivity index (χ3v) is 5.76. The molecule has 0 saturated heterocycles. The van der Waals surface area contributed by atoms with Gasteiger partial charge in [0.1, 0.15) is 0 Å². The number of carbonyl (C=O) groups is 2. The minimum absolute atomic E-state index is 0.256. The molecule has 170 valence electrons. The average molecular weight is 451 g/mol. The van der Waals surface area contributed by atoms with Crippen molar-refractivity contribution in [2.45, 2.75) is 18.6 Å². The fraction of sp³-hybridized carbons (Fsp3) is 0.103. The molecule has 5 heteroatoms. The van der Waals surface area contributed by atoms with Gasteiger partial charge in [0.05, 0.1) is 6.04 Å². The first kappa shape index (κ1) is 23.0. The van der Waals surface area contributed by atoms with Gasteiger partial charge in [0.15, 0.2) is 6.10 Å².